The number of aliphatic carboxylic acids is 1. The number of carboxylic acids is 1. The van der Waals surface area contributed by atoms with Gasteiger partial charge in [-0.3, -0.25) is 4.79 Å². The van der Waals surface area contributed by atoms with E-state index in [-0.39, 0.29) is 12.3 Å². The Morgan fingerprint density at radius 3 is 2.50 bits per heavy atom. The lowest BCUT2D eigenvalue weighted by atomic mass is 10.1. The van der Waals surface area contributed by atoms with Gasteiger partial charge < -0.3 is 26.2 Å². The van der Waals surface area contributed by atoms with Gasteiger partial charge in [-0.2, -0.15) is 0 Å². The molecule has 3 amide bonds. The van der Waals surface area contributed by atoms with Crippen LogP contribution in [0.25, 0.3) is 0 Å². The topological polar surface area (TPSA) is 131 Å². The molecule has 1 atom stereocenters. The van der Waals surface area contributed by atoms with Crippen LogP contribution < -0.4 is 16.4 Å². The quantitative estimate of drug-likeness (QED) is 0.392. The van der Waals surface area contributed by atoms with Gasteiger partial charge in [0.05, 0.1) is 0 Å². The highest BCUT2D eigenvalue weighted by atomic mass is 16.5. The molecule has 0 aromatic carbocycles. The average molecular weight is 289 g/mol. The van der Waals surface area contributed by atoms with Crippen molar-refractivity contribution in [3.05, 3.63) is 0 Å². The molecule has 116 valence electrons. The largest absolute Gasteiger partial charge is 0.480 e. The van der Waals surface area contributed by atoms with Gasteiger partial charge in [0.2, 0.25) is 5.91 Å². The first kappa shape index (κ1) is 18.2. The number of rotatable bonds is 11. The van der Waals surface area contributed by atoms with Crippen LogP contribution in [-0.2, 0) is 14.3 Å². The van der Waals surface area contributed by atoms with E-state index in [9.17, 15) is 14.4 Å². The number of carbonyl (C=O) groups is 3. The normalized spacial score (nSPS) is 11.7. The second-order valence-corrected chi connectivity index (χ2v) is 4.35. The Labute approximate surface area is 118 Å². The van der Waals surface area contributed by atoms with Gasteiger partial charge in [-0.15, -0.1) is 0 Å². The van der Waals surface area contributed by atoms with Crippen LogP contribution >= 0.6 is 0 Å². The maximum atomic E-state index is 11.5. The number of hydrogen-bond acceptors (Lipinski definition) is 4. The molecule has 8 heteroatoms. The highest BCUT2D eigenvalue weighted by Gasteiger charge is 2.18. The Balaban J connectivity index is 3.83. The molecule has 5 N–H and O–H groups in total. The lowest BCUT2D eigenvalue weighted by Gasteiger charge is -2.14. The number of primary amides is 1. The SMILES string of the molecule is COCCCC(NC(=O)NCCCCC(N)=O)C(=O)O. The van der Waals surface area contributed by atoms with Gasteiger partial charge in [0.15, 0.2) is 0 Å². The number of nitrogens with two attached hydrogens (primary N) is 1. The zero-order valence-corrected chi connectivity index (χ0v) is 11.7. The molecule has 0 saturated carbocycles. The Morgan fingerprint density at radius 1 is 1.25 bits per heavy atom. The van der Waals surface area contributed by atoms with Crippen LogP contribution in [0.1, 0.15) is 32.1 Å². The van der Waals surface area contributed by atoms with Crippen molar-refractivity contribution < 1.29 is 24.2 Å². The molecule has 0 aliphatic carbocycles. The molecule has 1 unspecified atom stereocenters. The summed E-state index contributed by atoms with van der Waals surface area (Å²) < 4.78 is 4.83. The predicted molar refractivity (Wildman–Crippen MR) is 72.1 cm³/mol. The Bertz CT molecular complexity index is 322. The molecular weight excluding hydrogens is 266 g/mol. The minimum atomic E-state index is -1.08. The standard InChI is InChI=1S/C12H23N3O5/c1-20-8-4-5-9(11(17)18)15-12(19)14-7-3-2-6-10(13)16/h9H,2-8H2,1H3,(H2,13,16)(H,17,18)(H2,14,15,19). The van der Waals surface area contributed by atoms with Crippen molar-refractivity contribution in [2.45, 2.75) is 38.1 Å². The summed E-state index contributed by atoms with van der Waals surface area (Å²) in [6.45, 7) is 0.809. The molecule has 0 radical (unpaired) electrons. The van der Waals surface area contributed by atoms with Gasteiger partial charge in [0.1, 0.15) is 6.04 Å². The van der Waals surface area contributed by atoms with Crippen LogP contribution in [0.3, 0.4) is 0 Å². The molecule has 0 aromatic rings. The van der Waals surface area contributed by atoms with Crippen LogP contribution in [0.5, 0.6) is 0 Å². The van der Waals surface area contributed by atoms with Crippen LogP contribution in [0.2, 0.25) is 0 Å². The van der Waals surface area contributed by atoms with Crippen molar-refractivity contribution in [3.63, 3.8) is 0 Å². The zero-order valence-electron chi connectivity index (χ0n) is 11.7. The molecule has 0 aliphatic rings. The van der Waals surface area contributed by atoms with Crippen molar-refractivity contribution >= 4 is 17.9 Å². The molecule has 0 aliphatic heterocycles. The zero-order chi connectivity index (χ0) is 15.4. The van der Waals surface area contributed by atoms with Gasteiger partial charge in [0, 0.05) is 26.7 Å². The molecule has 0 bridgehead atoms. The van der Waals surface area contributed by atoms with Gasteiger partial charge in [-0.05, 0) is 25.7 Å². The van der Waals surface area contributed by atoms with E-state index >= 15 is 0 Å². The third kappa shape index (κ3) is 10.1. The minimum Gasteiger partial charge on any atom is -0.480 e. The summed E-state index contributed by atoms with van der Waals surface area (Å²) in [7, 11) is 1.53. The van der Waals surface area contributed by atoms with Gasteiger partial charge in [0.25, 0.3) is 0 Å². The van der Waals surface area contributed by atoms with Crippen LogP contribution in [0.4, 0.5) is 4.79 Å². The molecule has 0 aromatic heterocycles. The van der Waals surface area contributed by atoms with E-state index in [4.69, 9.17) is 15.6 Å². The van der Waals surface area contributed by atoms with Crippen molar-refractivity contribution in [1.29, 1.82) is 0 Å². The van der Waals surface area contributed by atoms with Crippen LogP contribution in [-0.4, -0.2) is 49.3 Å². The van der Waals surface area contributed by atoms with E-state index < -0.39 is 18.0 Å². The Hall–Kier alpha value is -1.83. The minimum absolute atomic E-state index is 0.276. The number of unbranched alkanes of at least 4 members (excludes halogenated alkanes) is 1. The first-order valence-electron chi connectivity index (χ1n) is 6.51. The molecular formula is C12H23N3O5. The molecule has 0 fully saturated rings. The number of methoxy groups -OCH3 is 1. The fraction of sp³-hybridized carbons (Fsp3) is 0.750. The highest BCUT2D eigenvalue weighted by Crippen LogP contribution is 1.98. The summed E-state index contributed by atoms with van der Waals surface area (Å²) in [5.74, 6) is -1.46. The number of urea groups is 1. The van der Waals surface area contributed by atoms with Gasteiger partial charge in [-0.25, -0.2) is 9.59 Å². The third-order valence-electron chi connectivity index (χ3n) is 2.58. The summed E-state index contributed by atoms with van der Waals surface area (Å²) in [6.07, 6.45) is 2.33. The van der Waals surface area contributed by atoms with E-state index in [2.05, 4.69) is 10.6 Å². The summed E-state index contributed by atoms with van der Waals surface area (Å²) in [4.78, 5) is 32.9. The molecule has 8 nitrogen and oxygen atoms in total. The Kier molecular flexibility index (Phi) is 10.0. The fourth-order valence-corrected chi connectivity index (χ4v) is 1.52. The lowest BCUT2D eigenvalue weighted by Crippen LogP contribution is -2.46. The summed E-state index contributed by atoms with van der Waals surface area (Å²) in [6, 6.07) is -1.47. The predicted octanol–water partition coefficient (Wildman–Crippen LogP) is -0.179. The van der Waals surface area contributed by atoms with Crippen LogP contribution in [0.15, 0.2) is 0 Å². The number of carbonyl (C=O) groups excluding carboxylic acids is 2. The second-order valence-electron chi connectivity index (χ2n) is 4.35. The molecule has 20 heavy (non-hydrogen) atoms. The van der Waals surface area contributed by atoms with Gasteiger partial charge in [-0.1, -0.05) is 0 Å². The lowest BCUT2D eigenvalue weighted by molar-refractivity contribution is -0.139. The summed E-state index contributed by atoms with van der Waals surface area (Å²) >= 11 is 0. The number of carboxylic acid groups (broad SMARTS) is 1. The third-order valence-corrected chi connectivity index (χ3v) is 2.58. The maximum Gasteiger partial charge on any atom is 0.326 e. The second kappa shape index (κ2) is 11.0. The first-order chi connectivity index (χ1) is 9.47. The van der Waals surface area contributed by atoms with Gasteiger partial charge >= 0.3 is 12.0 Å². The monoisotopic (exact) mass is 289 g/mol. The number of amides is 3. The van der Waals surface area contributed by atoms with Crippen LogP contribution in [0, 0.1) is 0 Å². The molecule has 0 heterocycles. The van der Waals surface area contributed by atoms with E-state index in [1.165, 1.54) is 7.11 Å². The average Bonchev–Trinajstić information content (AvgIpc) is 2.36. The summed E-state index contributed by atoms with van der Waals surface area (Å²) in [5, 5.41) is 13.9. The molecule has 0 rings (SSSR count). The van der Waals surface area contributed by atoms with E-state index in [0.29, 0.717) is 38.8 Å². The summed E-state index contributed by atoms with van der Waals surface area (Å²) in [5.41, 5.74) is 4.98. The van der Waals surface area contributed by atoms with Crippen molar-refractivity contribution in [3.8, 4) is 0 Å². The van der Waals surface area contributed by atoms with Crippen molar-refractivity contribution in [2.75, 3.05) is 20.3 Å². The highest BCUT2D eigenvalue weighted by molar-refractivity contribution is 5.82. The maximum absolute atomic E-state index is 11.5. The van der Waals surface area contributed by atoms with E-state index in [1.807, 2.05) is 0 Å². The Morgan fingerprint density at radius 2 is 1.95 bits per heavy atom. The number of ether oxygens (including phenoxy) is 1. The molecule has 0 saturated heterocycles. The molecule has 0 spiro atoms. The smallest absolute Gasteiger partial charge is 0.326 e. The number of hydrogen-bond donors (Lipinski definition) is 4. The number of nitrogens with one attached hydrogen (secondary N) is 2. The van der Waals surface area contributed by atoms with E-state index in [1.54, 1.807) is 0 Å². The van der Waals surface area contributed by atoms with Crippen molar-refractivity contribution in [2.24, 2.45) is 5.73 Å². The van der Waals surface area contributed by atoms with E-state index in [0.717, 1.165) is 0 Å². The first-order valence-corrected chi connectivity index (χ1v) is 6.51. The van der Waals surface area contributed by atoms with Crippen molar-refractivity contribution in [1.82, 2.24) is 10.6 Å². The fourth-order valence-electron chi connectivity index (χ4n) is 1.52.